The fourth-order valence-corrected chi connectivity index (χ4v) is 2.83. The third-order valence-corrected chi connectivity index (χ3v) is 4.26. The molecule has 2 aromatic rings. The zero-order chi connectivity index (χ0) is 19.1. The molecule has 1 unspecified atom stereocenters. The molecule has 2 rings (SSSR count). The van der Waals surface area contributed by atoms with Crippen molar-refractivity contribution in [2.75, 3.05) is 7.11 Å². The highest BCUT2D eigenvalue weighted by atomic mass is 16.5. The average molecular weight is 354 g/mol. The number of aryl methyl sites for hydroxylation is 2. The van der Waals surface area contributed by atoms with Crippen molar-refractivity contribution in [1.82, 2.24) is 10.6 Å². The Morgan fingerprint density at radius 1 is 1.08 bits per heavy atom. The van der Waals surface area contributed by atoms with E-state index in [0.717, 1.165) is 22.4 Å². The first-order valence-electron chi connectivity index (χ1n) is 8.63. The second kappa shape index (κ2) is 9.04. The summed E-state index contributed by atoms with van der Waals surface area (Å²) in [6.07, 6.45) is 0.177. The predicted octanol–water partition coefficient (Wildman–Crippen LogP) is 3.20. The van der Waals surface area contributed by atoms with Crippen LogP contribution < -0.4 is 15.4 Å². The molecule has 0 spiro atoms. The third kappa shape index (κ3) is 5.62. The number of benzene rings is 2. The van der Waals surface area contributed by atoms with Crippen molar-refractivity contribution < 1.29 is 14.3 Å². The van der Waals surface area contributed by atoms with Gasteiger partial charge in [-0.25, -0.2) is 0 Å². The first-order chi connectivity index (χ1) is 12.4. The van der Waals surface area contributed by atoms with Crippen molar-refractivity contribution in [3.63, 3.8) is 0 Å². The van der Waals surface area contributed by atoms with Gasteiger partial charge in [0, 0.05) is 13.5 Å². The Morgan fingerprint density at radius 2 is 1.77 bits per heavy atom. The Hall–Kier alpha value is -2.82. The summed E-state index contributed by atoms with van der Waals surface area (Å²) >= 11 is 0. The highest BCUT2D eigenvalue weighted by Crippen LogP contribution is 2.20. The first kappa shape index (κ1) is 19.5. The van der Waals surface area contributed by atoms with Gasteiger partial charge in [0.15, 0.2) is 0 Å². The molecule has 5 nitrogen and oxygen atoms in total. The van der Waals surface area contributed by atoms with Crippen molar-refractivity contribution in [2.24, 2.45) is 0 Å². The minimum atomic E-state index is -0.377. The van der Waals surface area contributed by atoms with E-state index in [0.29, 0.717) is 6.54 Å². The van der Waals surface area contributed by atoms with E-state index in [4.69, 9.17) is 4.74 Å². The largest absolute Gasteiger partial charge is 0.497 e. The number of carbonyl (C=O) groups is 2. The van der Waals surface area contributed by atoms with Gasteiger partial charge in [-0.15, -0.1) is 0 Å². The molecule has 5 heteroatoms. The van der Waals surface area contributed by atoms with Crippen LogP contribution in [0.1, 0.15) is 41.6 Å². The van der Waals surface area contributed by atoms with Gasteiger partial charge in [-0.2, -0.15) is 0 Å². The van der Waals surface area contributed by atoms with Gasteiger partial charge < -0.3 is 15.4 Å². The van der Waals surface area contributed by atoms with E-state index in [1.165, 1.54) is 12.5 Å². The van der Waals surface area contributed by atoms with Crippen molar-refractivity contribution in [2.45, 2.75) is 39.8 Å². The number of carbonyl (C=O) groups excluding carboxylic acids is 2. The van der Waals surface area contributed by atoms with E-state index in [-0.39, 0.29) is 24.3 Å². The zero-order valence-electron chi connectivity index (χ0n) is 15.8. The molecule has 0 aliphatic carbocycles. The third-order valence-electron chi connectivity index (χ3n) is 4.26. The number of methoxy groups -OCH3 is 1. The van der Waals surface area contributed by atoms with Gasteiger partial charge in [-0.3, -0.25) is 9.59 Å². The lowest BCUT2D eigenvalue weighted by Crippen LogP contribution is -2.32. The Labute approximate surface area is 154 Å². The fraction of sp³-hybridized carbons (Fsp3) is 0.333. The standard InChI is InChI=1S/C21H26N2O3/c1-14-5-6-18(15(2)11-14)13-22-21(25)12-20(23-16(3)24)17-7-9-19(26-4)10-8-17/h5-11,20H,12-13H2,1-4H3,(H,22,25)(H,23,24). The molecule has 0 radical (unpaired) electrons. The maximum atomic E-state index is 12.4. The molecule has 26 heavy (non-hydrogen) atoms. The summed E-state index contributed by atoms with van der Waals surface area (Å²) in [5.41, 5.74) is 4.30. The lowest BCUT2D eigenvalue weighted by molar-refractivity contribution is -0.122. The van der Waals surface area contributed by atoms with Gasteiger partial charge in [0.1, 0.15) is 5.75 Å². The smallest absolute Gasteiger partial charge is 0.222 e. The summed E-state index contributed by atoms with van der Waals surface area (Å²) in [4.78, 5) is 23.9. The van der Waals surface area contributed by atoms with E-state index < -0.39 is 0 Å². The topological polar surface area (TPSA) is 67.4 Å². The molecule has 2 N–H and O–H groups in total. The molecule has 1 atom stereocenters. The van der Waals surface area contributed by atoms with Gasteiger partial charge in [-0.05, 0) is 42.7 Å². The van der Waals surface area contributed by atoms with E-state index in [1.807, 2.05) is 50.2 Å². The Bertz CT molecular complexity index is 769. The lowest BCUT2D eigenvalue weighted by atomic mass is 10.0. The highest BCUT2D eigenvalue weighted by Gasteiger charge is 2.17. The van der Waals surface area contributed by atoms with Crippen LogP contribution in [0, 0.1) is 13.8 Å². The van der Waals surface area contributed by atoms with E-state index >= 15 is 0 Å². The maximum Gasteiger partial charge on any atom is 0.222 e. The minimum Gasteiger partial charge on any atom is -0.497 e. The number of hydrogen-bond donors (Lipinski definition) is 2. The molecule has 0 bridgehead atoms. The normalized spacial score (nSPS) is 11.5. The number of nitrogens with one attached hydrogen (secondary N) is 2. The number of rotatable bonds is 7. The Morgan fingerprint density at radius 3 is 2.35 bits per heavy atom. The summed E-state index contributed by atoms with van der Waals surface area (Å²) in [6, 6.07) is 13.1. The maximum absolute atomic E-state index is 12.4. The van der Waals surface area contributed by atoms with Crippen molar-refractivity contribution >= 4 is 11.8 Å². The SMILES string of the molecule is COc1ccc(C(CC(=O)NCc2ccc(C)cc2C)NC(C)=O)cc1. The molecule has 2 amide bonds. The molecule has 0 saturated heterocycles. The molecule has 0 saturated carbocycles. The quantitative estimate of drug-likeness (QED) is 0.802. The van der Waals surface area contributed by atoms with Crippen LogP contribution in [-0.2, 0) is 16.1 Å². The van der Waals surface area contributed by atoms with Crippen LogP contribution in [0.15, 0.2) is 42.5 Å². The molecule has 2 aromatic carbocycles. The Kier molecular flexibility index (Phi) is 6.78. The molecule has 0 heterocycles. The molecular weight excluding hydrogens is 328 g/mol. The second-order valence-corrected chi connectivity index (χ2v) is 6.44. The molecule has 0 aromatic heterocycles. The molecule has 138 valence electrons. The van der Waals surface area contributed by atoms with Crippen LogP contribution in [0.25, 0.3) is 0 Å². The van der Waals surface area contributed by atoms with E-state index in [2.05, 4.69) is 16.7 Å². The fourth-order valence-electron chi connectivity index (χ4n) is 2.83. The summed E-state index contributed by atoms with van der Waals surface area (Å²) < 4.78 is 5.15. The summed E-state index contributed by atoms with van der Waals surface area (Å²) in [5, 5.41) is 5.78. The predicted molar refractivity (Wildman–Crippen MR) is 102 cm³/mol. The highest BCUT2D eigenvalue weighted by molar-refractivity contribution is 5.79. The van der Waals surface area contributed by atoms with Crippen LogP contribution >= 0.6 is 0 Å². The zero-order valence-corrected chi connectivity index (χ0v) is 15.8. The van der Waals surface area contributed by atoms with Crippen LogP contribution in [0.4, 0.5) is 0 Å². The molecule has 0 aliphatic heterocycles. The Balaban J connectivity index is 2.02. The lowest BCUT2D eigenvalue weighted by Gasteiger charge is -2.18. The van der Waals surface area contributed by atoms with Gasteiger partial charge >= 0.3 is 0 Å². The minimum absolute atomic E-state index is 0.112. The molecule has 0 fully saturated rings. The summed E-state index contributed by atoms with van der Waals surface area (Å²) in [5.74, 6) is 0.446. The van der Waals surface area contributed by atoms with Crippen LogP contribution in [0.2, 0.25) is 0 Å². The monoisotopic (exact) mass is 354 g/mol. The van der Waals surface area contributed by atoms with Gasteiger partial charge in [0.05, 0.1) is 19.6 Å². The van der Waals surface area contributed by atoms with Crippen molar-refractivity contribution in [3.05, 3.63) is 64.7 Å². The average Bonchev–Trinajstić information content (AvgIpc) is 2.60. The van der Waals surface area contributed by atoms with Gasteiger partial charge in [0.25, 0.3) is 0 Å². The number of hydrogen-bond acceptors (Lipinski definition) is 3. The van der Waals surface area contributed by atoms with Crippen LogP contribution in [0.5, 0.6) is 5.75 Å². The molecule has 0 aliphatic rings. The second-order valence-electron chi connectivity index (χ2n) is 6.44. The summed E-state index contributed by atoms with van der Waals surface area (Å²) in [7, 11) is 1.60. The van der Waals surface area contributed by atoms with E-state index in [9.17, 15) is 9.59 Å². The number of amides is 2. The van der Waals surface area contributed by atoms with Crippen molar-refractivity contribution in [3.8, 4) is 5.75 Å². The van der Waals surface area contributed by atoms with Gasteiger partial charge in [0.2, 0.25) is 11.8 Å². The van der Waals surface area contributed by atoms with Crippen LogP contribution in [0.3, 0.4) is 0 Å². The van der Waals surface area contributed by atoms with Crippen molar-refractivity contribution in [1.29, 1.82) is 0 Å². The first-order valence-corrected chi connectivity index (χ1v) is 8.63. The number of ether oxygens (including phenoxy) is 1. The molecular formula is C21H26N2O3. The van der Waals surface area contributed by atoms with Crippen LogP contribution in [-0.4, -0.2) is 18.9 Å². The summed E-state index contributed by atoms with van der Waals surface area (Å²) in [6.45, 7) is 6.00. The van der Waals surface area contributed by atoms with E-state index in [1.54, 1.807) is 7.11 Å². The van der Waals surface area contributed by atoms with Gasteiger partial charge in [-0.1, -0.05) is 35.9 Å².